The summed E-state index contributed by atoms with van der Waals surface area (Å²) in [7, 11) is 0. The van der Waals surface area contributed by atoms with E-state index in [2.05, 4.69) is 0 Å². The standard InChI is InChI=1S/C5H13NO.C2H4O2/c6-4-2-1-3-5-7;1-2(3)4/h7H,1-6H2;1H3,(H,3,4). The second-order valence-electron chi connectivity index (χ2n) is 2.09. The van der Waals surface area contributed by atoms with Crippen LogP contribution in [-0.2, 0) is 4.79 Å². The molecular weight excluding hydrogens is 146 g/mol. The van der Waals surface area contributed by atoms with Gasteiger partial charge in [-0.3, -0.25) is 4.79 Å². The number of aliphatic hydroxyl groups excluding tert-OH is 1. The van der Waals surface area contributed by atoms with Gasteiger partial charge in [-0.1, -0.05) is 0 Å². The lowest BCUT2D eigenvalue weighted by Crippen LogP contribution is -1.98. The molecule has 0 saturated heterocycles. The molecule has 0 rings (SSSR count). The minimum atomic E-state index is -0.833. The highest BCUT2D eigenvalue weighted by Crippen LogP contribution is 1.89. The van der Waals surface area contributed by atoms with Crippen molar-refractivity contribution < 1.29 is 15.0 Å². The van der Waals surface area contributed by atoms with Gasteiger partial charge in [0.1, 0.15) is 0 Å². The average molecular weight is 163 g/mol. The van der Waals surface area contributed by atoms with Gasteiger partial charge in [0, 0.05) is 13.5 Å². The number of rotatable bonds is 4. The zero-order chi connectivity index (χ0) is 9.11. The normalized spacial score (nSPS) is 8.27. The van der Waals surface area contributed by atoms with Crippen LogP contribution < -0.4 is 5.73 Å². The molecule has 0 fully saturated rings. The molecular formula is C7H17NO3. The average Bonchev–Trinajstić information content (AvgIpc) is 1.88. The van der Waals surface area contributed by atoms with Gasteiger partial charge in [0.15, 0.2) is 0 Å². The number of carboxylic acid groups (broad SMARTS) is 1. The molecule has 0 atom stereocenters. The first kappa shape index (κ1) is 13.0. The number of hydrogen-bond acceptors (Lipinski definition) is 3. The van der Waals surface area contributed by atoms with Crippen molar-refractivity contribution in [1.29, 1.82) is 0 Å². The molecule has 11 heavy (non-hydrogen) atoms. The van der Waals surface area contributed by atoms with Gasteiger partial charge < -0.3 is 15.9 Å². The van der Waals surface area contributed by atoms with Crippen molar-refractivity contribution in [3.63, 3.8) is 0 Å². The van der Waals surface area contributed by atoms with E-state index in [9.17, 15) is 0 Å². The summed E-state index contributed by atoms with van der Waals surface area (Å²) in [5.74, 6) is -0.833. The molecule has 0 saturated carbocycles. The van der Waals surface area contributed by atoms with Gasteiger partial charge in [-0.2, -0.15) is 0 Å². The molecule has 68 valence electrons. The number of aliphatic carboxylic acids is 1. The molecule has 4 N–H and O–H groups in total. The molecule has 0 aromatic carbocycles. The van der Waals surface area contributed by atoms with Crippen molar-refractivity contribution in [2.45, 2.75) is 26.2 Å². The molecule has 0 bridgehead atoms. The first-order valence-electron chi connectivity index (χ1n) is 3.65. The Bertz CT molecular complexity index is 77.8. The Kier molecular flexibility index (Phi) is 14.3. The molecule has 0 aliphatic carbocycles. The lowest BCUT2D eigenvalue weighted by molar-refractivity contribution is -0.134. The number of nitrogens with two attached hydrogens (primary N) is 1. The summed E-state index contributed by atoms with van der Waals surface area (Å²) in [6.07, 6.45) is 3.00. The summed E-state index contributed by atoms with van der Waals surface area (Å²) in [5.41, 5.74) is 5.19. The van der Waals surface area contributed by atoms with Gasteiger partial charge in [-0.25, -0.2) is 0 Å². The number of carbonyl (C=O) groups is 1. The summed E-state index contributed by atoms with van der Waals surface area (Å²) < 4.78 is 0. The second kappa shape index (κ2) is 12.1. The highest BCUT2D eigenvalue weighted by molar-refractivity contribution is 5.62. The van der Waals surface area contributed by atoms with Crippen LogP contribution >= 0.6 is 0 Å². The smallest absolute Gasteiger partial charge is 0.300 e. The number of hydrogen-bond donors (Lipinski definition) is 3. The van der Waals surface area contributed by atoms with Crippen LogP contribution in [0.2, 0.25) is 0 Å². The van der Waals surface area contributed by atoms with Crippen LogP contribution in [0, 0.1) is 0 Å². The Morgan fingerprint density at radius 3 is 2.09 bits per heavy atom. The van der Waals surface area contributed by atoms with E-state index in [0.29, 0.717) is 6.61 Å². The van der Waals surface area contributed by atoms with E-state index in [-0.39, 0.29) is 0 Å². The molecule has 0 spiro atoms. The molecule has 0 aromatic rings. The maximum Gasteiger partial charge on any atom is 0.300 e. The van der Waals surface area contributed by atoms with Crippen LogP contribution in [0.4, 0.5) is 0 Å². The van der Waals surface area contributed by atoms with Crippen molar-refractivity contribution >= 4 is 5.97 Å². The van der Waals surface area contributed by atoms with Crippen LogP contribution in [0.25, 0.3) is 0 Å². The summed E-state index contributed by atoms with van der Waals surface area (Å²) in [6.45, 7) is 2.14. The summed E-state index contributed by atoms with van der Waals surface area (Å²) >= 11 is 0. The third-order valence-electron chi connectivity index (χ3n) is 0.862. The maximum atomic E-state index is 9.00. The molecule has 0 aliphatic rings. The van der Waals surface area contributed by atoms with Crippen molar-refractivity contribution in [2.75, 3.05) is 13.2 Å². The molecule has 0 radical (unpaired) electrons. The van der Waals surface area contributed by atoms with Crippen LogP contribution in [-0.4, -0.2) is 29.3 Å². The first-order chi connectivity index (χ1) is 5.15. The fraction of sp³-hybridized carbons (Fsp3) is 0.857. The Labute approximate surface area is 67.0 Å². The summed E-state index contributed by atoms with van der Waals surface area (Å²) in [6, 6.07) is 0. The minimum Gasteiger partial charge on any atom is -0.481 e. The second-order valence-corrected chi connectivity index (χ2v) is 2.09. The largest absolute Gasteiger partial charge is 0.481 e. The monoisotopic (exact) mass is 163 g/mol. The molecule has 0 unspecified atom stereocenters. The molecule has 4 heteroatoms. The van der Waals surface area contributed by atoms with Crippen molar-refractivity contribution in [2.24, 2.45) is 5.73 Å². The van der Waals surface area contributed by atoms with E-state index in [4.69, 9.17) is 20.7 Å². The molecule has 0 aromatic heterocycles. The van der Waals surface area contributed by atoms with Crippen molar-refractivity contribution in [3.8, 4) is 0 Å². The van der Waals surface area contributed by atoms with E-state index in [1.165, 1.54) is 0 Å². The lowest BCUT2D eigenvalue weighted by Gasteiger charge is -1.90. The van der Waals surface area contributed by atoms with Crippen molar-refractivity contribution in [1.82, 2.24) is 0 Å². The molecule has 4 nitrogen and oxygen atoms in total. The predicted molar refractivity (Wildman–Crippen MR) is 43.3 cm³/mol. The van der Waals surface area contributed by atoms with Gasteiger partial charge in [-0.05, 0) is 25.8 Å². The predicted octanol–water partition coefficient (Wildman–Crippen LogP) is 0.199. The molecule has 0 amide bonds. The maximum absolute atomic E-state index is 9.00. The molecule has 0 heterocycles. The Morgan fingerprint density at radius 2 is 1.82 bits per heavy atom. The topological polar surface area (TPSA) is 83.5 Å². The zero-order valence-corrected chi connectivity index (χ0v) is 6.92. The first-order valence-corrected chi connectivity index (χ1v) is 3.65. The summed E-state index contributed by atoms with van der Waals surface area (Å²) in [5, 5.41) is 15.7. The van der Waals surface area contributed by atoms with Gasteiger partial charge in [0.05, 0.1) is 0 Å². The number of unbranched alkanes of at least 4 members (excludes halogenated alkanes) is 2. The van der Waals surface area contributed by atoms with Crippen LogP contribution in [0.1, 0.15) is 26.2 Å². The van der Waals surface area contributed by atoms with E-state index in [0.717, 1.165) is 32.7 Å². The van der Waals surface area contributed by atoms with E-state index in [1.54, 1.807) is 0 Å². The molecule has 0 aliphatic heterocycles. The SMILES string of the molecule is CC(=O)O.NCCCCCO. The van der Waals surface area contributed by atoms with Crippen LogP contribution in [0.5, 0.6) is 0 Å². The van der Waals surface area contributed by atoms with Gasteiger partial charge in [0.25, 0.3) is 5.97 Å². The zero-order valence-electron chi connectivity index (χ0n) is 6.92. The number of carboxylic acids is 1. The van der Waals surface area contributed by atoms with E-state index >= 15 is 0 Å². The van der Waals surface area contributed by atoms with Crippen molar-refractivity contribution in [3.05, 3.63) is 0 Å². The van der Waals surface area contributed by atoms with Gasteiger partial charge in [0.2, 0.25) is 0 Å². The minimum absolute atomic E-state index is 0.306. The third-order valence-corrected chi connectivity index (χ3v) is 0.862. The lowest BCUT2D eigenvalue weighted by atomic mass is 10.2. The van der Waals surface area contributed by atoms with Crippen LogP contribution in [0.15, 0.2) is 0 Å². The highest BCUT2D eigenvalue weighted by atomic mass is 16.4. The Hall–Kier alpha value is -0.610. The fourth-order valence-corrected chi connectivity index (χ4v) is 0.433. The Morgan fingerprint density at radius 1 is 1.36 bits per heavy atom. The third kappa shape index (κ3) is 44.6. The summed E-state index contributed by atoms with van der Waals surface area (Å²) in [4.78, 5) is 9.00. The highest BCUT2D eigenvalue weighted by Gasteiger charge is 1.81. The fourth-order valence-electron chi connectivity index (χ4n) is 0.433. The van der Waals surface area contributed by atoms with Gasteiger partial charge >= 0.3 is 0 Å². The van der Waals surface area contributed by atoms with Crippen LogP contribution in [0.3, 0.4) is 0 Å². The quantitative estimate of drug-likeness (QED) is 0.517. The Balaban J connectivity index is 0. The van der Waals surface area contributed by atoms with E-state index in [1.807, 2.05) is 0 Å². The van der Waals surface area contributed by atoms with E-state index < -0.39 is 5.97 Å². The van der Waals surface area contributed by atoms with Gasteiger partial charge in [-0.15, -0.1) is 0 Å². The number of aliphatic hydroxyl groups is 1.